The summed E-state index contributed by atoms with van der Waals surface area (Å²) < 4.78 is 6.15. The summed E-state index contributed by atoms with van der Waals surface area (Å²) in [5.74, 6) is 1.81. The van der Waals surface area contributed by atoms with Crippen molar-refractivity contribution in [3.63, 3.8) is 0 Å². The number of ether oxygens (including phenoxy) is 1. The second-order valence-corrected chi connectivity index (χ2v) is 5.95. The van der Waals surface area contributed by atoms with Gasteiger partial charge in [-0.3, -0.25) is 0 Å². The molecule has 0 saturated heterocycles. The maximum atomic E-state index is 10.5. The quantitative estimate of drug-likeness (QED) is 0.849. The predicted molar refractivity (Wildman–Crippen MR) is 72.3 cm³/mol. The fourth-order valence-electron chi connectivity index (χ4n) is 3.66. The van der Waals surface area contributed by atoms with Crippen molar-refractivity contribution in [2.75, 3.05) is 0 Å². The number of phenols is 1. The van der Waals surface area contributed by atoms with E-state index in [1.165, 1.54) is 12.8 Å². The molecular formula is C16H22O2. The van der Waals surface area contributed by atoms with Crippen molar-refractivity contribution >= 4 is 0 Å². The Bertz CT molecular complexity index is 466. The maximum Gasteiger partial charge on any atom is 0.127 e. The molecule has 1 aromatic carbocycles. The molecule has 2 aliphatic rings. The average molecular weight is 246 g/mol. The maximum absolute atomic E-state index is 10.5. The predicted octanol–water partition coefficient (Wildman–Crippen LogP) is 4.15. The van der Waals surface area contributed by atoms with Crippen molar-refractivity contribution in [3.05, 3.63) is 23.3 Å². The van der Waals surface area contributed by atoms with Gasteiger partial charge in [0, 0.05) is 11.5 Å². The van der Waals surface area contributed by atoms with Gasteiger partial charge in [0.25, 0.3) is 0 Å². The van der Waals surface area contributed by atoms with E-state index >= 15 is 0 Å². The first-order valence-corrected chi connectivity index (χ1v) is 7.19. The Hall–Kier alpha value is -1.18. The number of aryl methyl sites for hydroxylation is 1. The van der Waals surface area contributed by atoms with Crippen molar-refractivity contribution in [1.82, 2.24) is 0 Å². The molecule has 3 rings (SSSR count). The van der Waals surface area contributed by atoms with Gasteiger partial charge < -0.3 is 9.84 Å². The molecule has 0 amide bonds. The minimum atomic E-state index is -0.0805. The molecule has 98 valence electrons. The van der Waals surface area contributed by atoms with Crippen LogP contribution in [0.2, 0.25) is 0 Å². The number of rotatable bonds is 2. The molecule has 1 saturated carbocycles. The molecule has 0 spiro atoms. The highest BCUT2D eigenvalue weighted by atomic mass is 16.5. The summed E-state index contributed by atoms with van der Waals surface area (Å²) in [7, 11) is 0. The number of hydrogen-bond donors (Lipinski definition) is 1. The molecule has 0 bridgehead atoms. The zero-order valence-electron chi connectivity index (χ0n) is 11.3. The van der Waals surface area contributed by atoms with Crippen LogP contribution in [0.3, 0.4) is 0 Å². The molecule has 2 unspecified atom stereocenters. The zero-order valence-corrected chi connectivity index (χ0v) is 11.3. The first-order chi connectivity index (χ1) is 8.65. The van der Waals surface area contributed by atoms with Gasteiger partial charge >= 0.3 is 0 Å². The van der Waals surface area contributed by atoms with Gasteiger partial charge in [0.1, 0.15) is 17.1 Å². The number of benzene rings is 1. The van der Waals surface area contributed by atoms with Crippen LogP contribution in [0.4, 0.5) is 0 Å². The van der Waals surface area contributed by atoms with Gasteiger partial charge in [-0.25, -0.2) is 0 Å². The first-order valence-electron chi connectivity index (χ1n) is 7.19. The lowest BCUT2D eigenvalue weighted by atomic mass is 9.74. The van der Waals surface area contributed by atoms with E-state index in [1.807, 2.05) is 6.07 Å². The highest BCUT2D eigenvalue weighted by Gasteiger charge is 2.47. The van der Waals surface area contributed by atoms with Crippen LogP contribution in [0, 0.1) is 0 Å². The molecule has 1 N–H and O–H groups in total. The van der Waals surface area contributed by atoms with E-state index in [1.54, 1.807) is 0 Å². The highest BCUT2D eigenvalue weighted by molar-refractivity contribution is 5.55. The lowest BCUT2D eigenvalue weighted by molar-refractivity contribution is 0.0546. The lowest BCUT2D eigenvalue weighted by Crippen LogP contribution is -2.36. The molecule has 2 heteroatoms. The second-order valence-electron chi connectivity index (χ2n) is 5.95. The van der Waals surface area contributed by atoms with Crippen LogP contribution in [0.15, 0.2) is 12.1 Å². The smallest absolute Gasteiger partial charge is 0.127 e. The van der Waals surface area contributed by atoms with Crippen LogP contribution in [0.1, 0.15) is 63.0 Å². The third-order valence-electron chi connectivity index (χ3n) is 4.62. The minimum Gasteiger partial charge on any atom is -0.507 e. The van der Waals surface area contributed by atoms with Gasteiger partial charge in [0.05, 0.1) is 0 Å². The van der Waals surface area contributed by atoms with Gasteiger partial charge in [0.15, 0.2) is 0 Å². The van der Waals surface area contributed by atoms with Crippen LogP contribution < -0.4 is 4.74 Å². The minimum absolute atomic E-state index is 0.0805. The number of phenolic OH excluding ortho intramolecular Hbond substituents is 1. The van der Waals surface area contributed by atoms with E-state index in [-0.39, 0.29) is 5.60 Å². The fourth-order valence-corrected chi connectivity index (χ4v) is 3.66. The van der Waals surface area contributed by atoms with Crippen LogP contribution in [0.5, 0.6) is 11.5 Å². The van der Waals surface area contributed by atoms with E-state index < -0.39 is 0 Å². The molecule has 1 heterocycles. The summed E-state index contributed by atoms with van der Waals surface area (Å²) >= 11 is 0. The summed E-state index contributed by atoms with van der Waals surface area (Å²) in [6.07, 6.45) is 6.75. The van der Waals surface area contributed by atoms with Crippen LogP contribution in [0.25, 0.3) is 0 Å². The number of fused-ring (bicyclic) bond motifs is 3. The van der Waals surface area contributed by atoms with E-state index in [2.05, 4.69) is 19.9 Å². The third-order valence-corrected chi connectivity index (χ3v) is 4.62. The van der Waals surface area contributed by atoms with Gasteiger partial charge in [-0.05, 0) is 44.2 Å². The molecule has 1 aliphatic carbocycles. The summed E-state index contributed by atoms with van der Waals surface area (Å²) in [5, 5.41) is 10.5. The van der Waals surface area contributed by atoms with Crippen LogP contribution >= 0.6 is 0 Å². The molecule has 1 fully saturated rings. The van der Waals surface area contributed by atoms with E-state index in [0.29, 0.717) is 11.7 Å². The largest absolute Gasteiger partial charge is 0.507 e. The van der Waals surface area contributed by atoms with Crippen molar-refractivity contribution in [1.29, 1.82) is 0 Å². The molecule has 2 nitrogen and oxygen atoms in total. The molecule has 0 radical (unpaired) electrons. The normalized spacial score (nSPS) is 29.6. The monoisotopic (exact) mass is 246 g/mol. The Balaban J connectivity index is 2.05. The number of hydrogen-bond acceptors (Lipinski definition) is 2. The Labute approximate surface area is 109 Å². The molecule has 2 atom stereocenters. The highest BCUT2D eigenvalue weighted by Crippen LogP contribution is 2.55. The summed E-state index contributed by atoms with van der Waals surface area (Å²) in [6, 6.07) is 4.09. The van der Waals surface area contributed by atoms with Crippen molar-refractivity contribution in [2.24, 2.45) is 0 Å². The molecule has 1 aromatic rings. The van der Waals surface area contributed by atoms with Crippen LogP contribution in [-0.4, -0.2) is 10.7 Å². The summed E-state index contributed by atoms with van der Waals surface area (Å²) in [5.41, 5.74) is 2.08. The van der Waals surface area contributed by atoms with Crippen molar-refractivity contribution < 1.29 is 9.84 Å². The zero-order chi connectivity index (χ0) is 12.8. The molecule has 1 aliphatic heterocycles. The number of aromatic hydroxyl groups is 1. The first kappa shape index (κ1) is 11.9. The van der Waals surface area contributed by atoms with E-state index in [9.17, 15) is 5.11 Å². The van der Waals surface area contributed by atoms with E-state index in [4.69, 9.17) is 4.74 Å². The molecule has 0 aromatic heterocycles. The lowest BCUT2D eigenvalue weighted by Gasteiger charge is -2.35. The summed E-state index contributed by atoms with van der Waals surface area (Å²) in [4.78, 5) is 0. The Morgan fingerprint density at radius 3 is 3.00 bits per heavy atom. The van der Waals surface area contributed by atoms with Crippen molar-refractivity contribution in [2.45, 2.75) is 63.9 Å². The Morgan fingerprint density at radius 2 is 2.22 bits per heavy atom. The van der Waals surface area contributed by atoms with Gasteiger partial charge in [0.2, 0.25) is 0 Å². The third kappa shape index (κ3) is 1.62. The average Bonchev–Trinajstić information content (AvgIpc) is 2.66. The second kappa shape index (κ2) is 4.18. The molecular weight excluding hydrogens is 224 g/mol. The van der Waals surface area contributed by atoms with Gasteiger partial charge in [-0.1, -0.05) is 25.8 Å². The van der Waals surface area contributed by atoms with Gasteiger partial charge in [-0.2, -0.15) is 0 Å². The summed E-state index contributed by atoms with van der Waals surface area (Å²) in [6.45, 7) is 4.35. The Morgan fingerprint density at radius 1 is 1.39 bits per heavy atom. The van der Waals surface area contributed by atoms with Gasteiger partial charge in [-0.15, -0.1) is 0 Å². The van der Waals surface area contributed by atoms with E-state index in [0.717, 1.165) is 42.6 Å². The van der Waals surface area contributed by atoms with Crippen molar-refractivity contribution in [3.8, 4) is 11.5 Å². The standard InChI is InChI=1S/C16H22O2/c1-3-6-11-8-9-13-14(15(11)17)12-7-4-5-10-16(12,2)18-13/h8-9,12,17H,3-7,10H2,1-2H3. The van der Waals surface area contributed by atoms with Crippen LogP contribution in [-0.2, 0) is 6.42 Å². The SMILES string of the molecule is CCCc1ccc2c(c1O)C1CCCCC1(C)O2. The molecule has 18 heavy (non-hydrogen) atoms. The topological polar surface area (TPSA) is 29.5 Å². The Kier molecular flexibility index (Phi) is 2.76. The fraction of sp³-hybridized carbons (Fsp3) is 0.625.